The van der Waals surface area contributed by atoms with Gasteiger partial charge in [-0.05, 0) is 55.5 Å². The van der Waals surface area contributed by atoms with Crippen molar-refractivity contribution in [2.24, 2.45) is 0 Å². The number of anilines is 1. The van der Waals surface area contributed by atoms with Gasteiger partial charge in [0.1, 0.15) is 29.3 Å². The van der Waals surface area contributed by atoms with Crippen molar-refractivity contribution in [2.75, 3.05) is 52.2 Å². The minimum atomic E-state index is -1.26. The van der Waals surface area contributed by atoms with Crippen LogP contribution in [-0.4, -0.2) is 143 Å². The molecule has 2 fully saturated rings. The molecule has 0 radical (unpaired) electrons. The highest BCUT2D eigenvalue weighted by Crippen LogP contribution is 2.39. The van der Waals surface area contributed by atoms with E-state index in [-0.39, 0.29) is 0 Å². The molecule has 1 saturated heterocycles. The fourth-order valence-corrected chi connectivity index (χ4v) is 6.63. The van der Waals surface area contributed by atoms with Crippen molar-refractivity contribution in [1.82, 2.24) is 24.3 Å². The zero-order chi connectivity index (χ0) is 46.3. The first kappa shape index (κ1) is 49.9. The summed E-state index contributed by atoms with van der Waals surface area (Å²) in [5.74, 6) is -5.39. The maximum absolute atomic E-state index is 9.55. The molecule has 0 unspecified atom stereocenters. The molecule has 1 saturated carbocycles. The fourth-order valence-electron chi connectivity index (χ4n) is 6.63. The summed E-state index contributed by atoms with van der Waals surface area (Å²) in [5.41, 5.74) is 9.51. The van der Waals surface area contributed by atoms with Gasteiger partial charge in [-0.15, -0.1) is 0 Å². The molecule has 2 aromatic carbocycles. The summed E-state index contributed by atoms with van der Waals surface area (Å²) < 4.78 is 13.6. The number of hydrogen-bond donors (Lipinski definition) is 7. The normalized spacial score (nSPS) is 16.5. The molecule has 20 heteroatoms. The van der Waals surface area contributed by atoms with E-state index in [0.717, 1.165) is 85.8 Å². The van der Waals surface area contributed by atoms with E-state index in [4.69, 9.17) is 50.8 Å². The van der Waals surface area contributed by atoms with Crippen LogP contribution in [0.15, 0.2) is 104 Å². The number of carbonyl (C=O) groups is 6. The summed E-state index contributed by atoms with van der Waals surface area (Å²) in [6.07, 6.45) is 11.9. The number of nitrogens with two attached hydrogens (primary N) is 1. The molecule has 336 valence electrons. The van der Waals surface area contributed by atoms with E-state index in [1.165, 1.54) is 12.8 Å². The summed E-state index contributed by atoms with van der Waals surface area (Å²) in [5, 5.41) is 47.8. The predicted molar refractivity (Wildman–Crippen MR) is 228 cm³/mol. The zero-order valence-corrected chi connectivity index (χ0v) is 34.3. The standard InChI is InChI=1S/C31H38N6O2.3C4H4O4/c1-38-20-19-35-15-17-36(18-16-35)24-9-11-25(12-10-24)37-21-28(29-30(32)33-22-34-31(29)37)23-7-13-27(14-8-23)39-26-5-3-2-4-6-26;3*5-3(6)1-2-4(7)8/h2-8,13-14,21-22,24-25H,9-12,15-20H2,1H3,(H2,32,33,34);3*1-2H,(H,5,6)(H,7,8)/t24-,25+;;;. The van der Waals surface area contributed by atoms with Crippen molar-refractivity contribution >= 4 is 52.7 Å². The molecular formula is C43H50N6O14. The van der Waals surface area contributed by atoms with Crippen LogP contribution in [0.4, 0.5) is 5.82 Å². The number of fused-ring (bicyclic) bond motifs is 1. The number of benzene rings is 2. The molecule has 8 N–H and O–H groups in total. The summed E-state index contributed by atoms with van der Waals surface area (Å²) in [4.78, 5) is 71.6. The Hall–Kier alpha value is -7.42. The van der Waals surface area contributed by atoms with Gasteiger partial charge in [-0.1, -0.05) is 30.3 Å². The molecule has 3 heterocycles. The van der Waals surface area contributed by atoms with E-state index in [1.807, 2.05) is 42.5 Å². The molecule has 0 bridgehead atoms. The number of hydrogen-bond acceptors (Lipinski definition) is 13. The van der Waals surface area contributed by atoms with Gasteiger partial charge >= 0.3 is 35.8 Å². The molecule has 2 aromatic heterocycles. The van der Waals surface area contributed by atoms with Crippen molar-refractivity contribution in [2.45, 2.75) is 37.8 Å². The molecule has 0 amide bonds. The lowest BCUT2D eigenvalue weighted by Crippen LogP contribution is -2.51. The molecule has 0 atom stereocenters. The lowest BCUT2D eigenvalue weighted by atomic mass is 9.89. The molecule has 6 rings (SSSR count). The highest BCUT2D eigenvalue weighted by molar-refractivity contribution is 6.00. The van der Waals surface area contributed by atoms with Crippen LogP contribution in [0.5, 0.6) is 11.5 Å². The number of rotatable bonds is 14. The lowest BCUT2D eigenvalue weighted by Gasteiger charge is -2.42. The molecular weight excluding hydrogens is 825 g/mol. The van der Waals surface area contributed by atoms with Crippen LogP contribution in [0.3, 0.4) is 0 Å². The Bertz CT molecular complexity index is 2100. The monoisotopic (exact) mass is 874 g/mol. The number of para-hydroxylation sites is 1. The minimum Gasteiger partial charge on any atom is -0.478 e. The molecule has 2 aliphatic rings. The Balaban J connectivity index is 0.000000360. The topological polar surface area (TPSA) is 305 Å². The van der Waals surface area contributed by atoms with E-state index >= 15 is 0 Å². The van der Waals surface area contributed by atoms with Gasteiger partial charge in [0.25, 0.3) is 0 Å². The van der Waals surface area contributed by atoms with E-state index in [9.17, 15) is 28.8 Å². The second kappa shape index (κ2) is 26.0. The molecule has 63 heavy (non-hydrogen) atoms. The molecule has 4 aromatic rings. The Kier molecular flexibility index (Phi) is 20.6. The summed E-state index contributed by atoms with van der Waals surface area (Å²) in [6.45, 7) is 6.44. The average Bonchev–Trinajstić information content (AvgIpc) is 3.66. The Labute approximate surface area is 361 Å². The molecule has 1 aliphatic heterocycles. The first-order chi connectivity index (χ1) is 30.1. The Morgan fingerprint density at radius 1 is 0.651 bits per heavy atom. The molecule has 1 aliphatic carbocycles. The maximum atomic E-state index is 9.55. The van der Waals surface area contributed by atoms with Crippen molar-refractivity contribution in [1.29, 1.82) is 0 Å². The lowest BCUT2D eigenvalue weighted by molar-refractivity contribution is -0.134. The minimum absolute atomic E-state index is 0.412. The molecule has 20 nitrogen and oxygen atoms in total. The van der Waals surface area contributed by atoms with Gasteiger partial charge in [-0.3, -0.25) is 9.80 Å². The fraction of sp³-hybridized carbons (Fsp3) is 0.302. The number of aliphatic carboxylic acids is 6. The second-order valence-electron chi connectivity index (χ2n) is 13.7. The van der Waals surface area contributed by atoms with Gasteiger partial charge in [-0.2, -0.15) is 0 Å². The number of ether oxygens (including phenoxy) is 2. The highest BCUT2D eigenvalue weighted by Gasteiger charge is 2.30. The van der Waals surface area contributed by atoms with Crippen LogP contribution in [-0.2, 0) is 33.5 Å². The van der Waals surface area contributed by atoms with E-state index in [2.05, 4.69) is 37.7 Å². The number of methoxy groups -OCH3 is 1. The first-order valence-corrected chi connectivity index (χ1v) is 19.4. The van der Waals surface area contributed by atoms with Crippen LogP contribution < -0.4 is 10.5 Å². The SMILES string of the molecule is COCCN1CCN([C@H]2CC[C@@H](n3cc(-c4ccc(Oc5ccccc5)cc4)c4c(N)ncnc43)CC2)CC1.O=C(O)C=CC(=O)O.O=C(O)C=CC(=O)O.O=C(O)C=CC(=O)O. The number of piperazine rings is 1. The van der Waals surface area contributed by atoms with Gasteiger partial charge in [0.05, 0.1) is 12.0 Å². The molecule has 0 spiro atoms. The quantitative estimate of drug-likeness (QED) is 0.0866. The predicted octanol–water partition coefficient (Wildman–Crippen LogP) is 4.36. The van der Waals surface area contributed by atoms with Gasteiger partial charge < -0.3 is 50.4 Å². The summed E-state index contributed by atoms with van der Waals surface area (Å²) >= 11 is 0. The largest absolute Gasteiger partial charge is 0.478 e. The number of nitrogens with zero attached hydrogens (tertiary/aromatic N) is 5. The maximum Gasteiger partial charge on any atom is 0.328 e. The number of carboxylic acids is 6. The third-order valence-corrected chi connectivity index (χ3v) is 9.48. The van der Waals surface area contributed by atoms with Crippen LogP contribution in [0.2, 0.25) is 0 Å². The number of aromatic nitrogens is 3. The van der Waals surface area contributed by atoms with Gasteiger partial charge in [0.2, 0.25) is 0 Å². The smallest absolute Gasteiger partial charge is 0.328 e. The van der Waals surface area contributed by atoms with Crippen LogP contribution in [0.1, 0.15) is 31.7 Å². The van der Waals surface area contributed by atoms with Crippen LogP contribution >= 0.6 is 0 Å². The number of carboxylic acid groups (broad SMARTS) is 6. The zero-order valence-electron chi connectivity index (χ0n) is 34.3. The van der Waals surface area contributed by atoms with Gasteiger partial charge in [-0.25, -0.2) is 38.7 Å². The van der Waals surface area contributed by atoms with Gasteiger partial charge in [0.15, 0.2) is 0 Å². The van der Waals surface area contributed by atoms with Crippen molar-refractivity contribution < 1.29 is 68.9 Å². The second-order valence-corrected chi connectivity index (χ2v) is 13.7. The average molecular weight is 875 g/mol. The highest BCUT2D eigenvalue weighted by atomic mass is 16.5. The third kappa shape index (κ3) is 18.0. The van der Waals surface area contributed by atoms with Crippen molar-refractivity contribution in [3.8, 4) is 22.6 Å². The Morgan fingerprint density at radius 3 is 1.57 bits per heavy atom. The summed E-state index contributed by atoms with van der Waals surface area (Å²) in [6, 6.07) is 19.1. The van der Waals surface area contributed by atoms with E-state index < -0.39 is 35.8 Å². The third-order valence-electron chi connectivity index (χ3n) is 9.48. The van der Waals surface area contributed by atoms with Crippen molar-refractivity contribution in [3.05, 3.63) is 104 Å². The van der Waals surface area contributed by atoms with E-state index in [0.29, 0.717) is 54.4 Å². The van der Waals surface area contributed by atoms with Crippen LogP contribution in [0, 0.1) is 0 Å². The van der Waals surface area contributed by atoms with Gasteiger partial charge in [0, 0.05) is 100 Å². The summed E-state index contributed by atoms with van der Waals surface area (Å²) in [7, 11) is 1.78. The first-order valence-electron chi connectivity index (χ1n) is 19.4. The van der Waals surface area contributed by atoms with Crippen molar-refractivity contribution in [3.63, 3.8) is 0 Å². The number of nitrogen functional groups attached to an aromatic ring is 1. The van der Waals surface area contributed by atoms with E-state index in [1.54, 1.807) is 13.4 Å². The van der Waals surface area contributed by atoms with Crippen LogP contribution in [0.25, 0.3) is 22.2 Å². The Morgan fingerprint density at radius 2 is 1.11 bits per heavy atom.